The third kappa shape index (κ3) is 2.91. The number of benzene rings is 2. The maximum Gasteiger partial charge on any atom is 0.239 e. The van der Waals surface area contributed by atoms with Crippen molar-refractivity contribution in [1.29, 1.82) is 0 Å². The first kappa shape index (κ1) is 15.1. The van der Waals surface area contributed by atoms with E-state index in [4.69, 9.17) is 16.0 Å². The number of furan rings is 1. The lowest BCUT2D eigenvalue weighted by Gasteiger charge is -2.06. The van der Waals surface area contributed by atoms with Gasteiger partial charge in [0, 0.05) is 10.9 Å². The average molecular weight is 329 g/mol. The van der Waals surface area contributed by atoms with Crippen molar-refractivity contribution >= 4 is 39.9 Å². The van der Waals surface area contributed by atoms with E-state index >= 15 is 0 Å². The molecule has 3 aromatic rings. The molecule has 1 heterocycles. The molecule has 0 spiro atoms. The van der Waals surface area contributed by atoms with Crippen molar-refractivity contribution in [3.63, 3.8) is 0 Å². The van der Waals surface area contributed by atoms with Gasteiger partial charge in [0.25, 0.3) is 0 Å². The van der Waals surface area contributed by atoms with Crippen LogP contribution >= 0.6 is 11.6 Å². The first-order valence-corrected chi connectivity index (χ1v) is 7.43. The lowest BCUT2D eigenvalue weighted by molar-refractivity contribution is -0.113. The summed E-state index contributed by atoms with van der Waals surface area (Å²) < 4.78 is 5.80. The van der Waals surface area contributed by atoms with Crippen LogP contribution in [-0.2, 0) is 4.79 Å². The number of halogens is 1. The number of carbonyl (C=O) groups excluding carboxylic acids is 1. The van der Waals surface area contributed by atoms with E-state index in [-0.39, 0.29) is 23.3 Å². The van der Waals surface area contributed by atoms with Gasteiger partial charge in [-0.2, -0.15) is 0 Å². The number of hydrogen-bond donors (Lipinski definition) is 2. The number of nitrogens with one attached hydrogen (secondary N) is 1. The number of anilines is 1. The van der Waals surface area contributed by atoms with Crippen LogP contribution in [0.3, 0.4) is 0 Å². The van der Waals surface area contributed by atoms with E-state index in [0.29, 0.717) is 22.2 Å². The quantitative estimate of drug-likeness (QED) is 0.331. The largest absolute Gasteiger partial charge is 0.452 e. The molecule has 6 heteroatoms. The highest BCUT2D eigenvalue weighted by Gasteiger charge is 2.22. The maximum absolute atomic E-state index is 11.7. The molecule has 23 heavy (non-hydrogen) atoms. The van der Waals surface area contributed by atoms with Gasteiger partial charge in [0.15, 0.2) is 11.5 Å². The predicted octanol–water partition coefficient (Wildman–Crippen LogP) is 3.84. The normalized spacial score (nSPS) is 11.6. The molecule has 1 aromatic heterocycles. The summed E-state index contributed by atoms with van der Waals surface area (Å²) in [5.74, 6) is -0.279. The van der Waals surface area contributed by atoms with E-state index < -0.39 is 0 Å². The van der Waals surface area contributed by atoms with Crippen LogP contribution in [0.5, 0.6) is 0 Å². The Morgan fingerprint density at radius 2 is 1.83 bits per heavy atom. The second kappa shape index (κ2) is 6.54. The van der Waals surface area contributed by atoms with Crippen LogP contribution in [0.4, 0.5) is 5.69 Å². The van der Waals surface area contributed by atoms with Gasteiger partial charge < -0.3 is 14.9 Å². The SMILES string of the molecule is O=C(CCl)Nc1c(C(=NO)c2ccccc2)oc2ccccc12. The lowest BCUT2D eigenvalue weighted by atomic mass is 10.1. The Balaban J connectivity index is 2.19. The molecule has 0 atom stereocenters. The fourth-order valence-corrected chi connectivity index (χ4v) is 2.41. The molecular formula is C17H13ClN2O3. The summed E-state index contributed by atoms with van der Waals surface area (Å²) in [4.78, 5) is 11.7. The highest BCUT2D eigenvalue weighted by atomic mass is 35.5. The van der Waals surface area contributed by atoms with Crippen molar-refractivity contribution in [1.82, 2.24) is 0 Å². The molecule has 0 saturated carbocycles. The number of rotatable bonds is 4. The number of fused-ring (bicyclic) bond motifs is 1. The second-order valence-corrected chi connectivity index (χ2v) is 5.07. The minimum absolute atomic E-state index is 0.185. The number of nitrogens with zero attached hydrogens (tertiary/aromatic N) is 1. The van der Waals surface area contributed by atoms with Crippen LogP contribution in [-0.4, -0.2) is 22.7 Å². The minimum Gasteiger partial charge on any atom is -0.452 e. The Morgan fingerprint density at radius 3 is 2.52 bits per heavy atom. The Hall–Kier alpha value is -2.79. The van der Waals surface area contributed by atoms with Crippen LogP contribution in [0, 0.1) is 0 Å². The van der Waals surface area contributed by atoms with E-state index in [1.807, 2.05) is 36.4 Å². The molecule has 0 unspecified atom stereocenters. The van der Waals surface area contributed by atoms with Gasteiger partial charge in [0.2, 0.25) is 5.91 Å². The van der Waals surface area contributed by atoms with Crippen molar-refractivity contribution < 1.29 is 14.4 Å². The standard InChI is InChI=1S/C17H13ClN2O3/c18-10-14(21)19-16-12-8-4-5-9-13(12)23-17(16)15(20-22)11-6-2-1-3-7-11/h1-9,22H,10H2,(H,19,21). The van der Waals surface area contributed by atoms with Crippen LogP contribution in [0.25, 0.3) is 11.0 Å². The van der Waals surface area contributed by atoms with Gasteiger partial charge in [0.1, 0.15) is 11.5 Å². The topological polar surface area (TPSA) is 74.8 Å². The smallest absolute Gasteiger partial charge is 0.239 e. The van der Waals surface area contributed by atoms with Crippen LogP contribution in [0.1, 0.15) is 11.3 Å². The molecule has 0 aliphatic heterocycles. The fraction of sp³-hybridized carbons (Fsp3) is 0.0588. The summed E-state index contributed by atoms with van der Waals surface area (Å²) in [6, 6.07) is 16.3. The molecule has 116 valence electrons. The Kier molecular flexibility index (Phi) is 4.30. The van der Waals surface area contributed by atoms with Crippen molar-refractivity contribution in [2.24, 2.45) is 5.16 Å². The molecule has 0 radical (unpaired) electrons. The molecule has 0 bridgehead atoms. The predicted molar refractivity (Wildman–Crippen MR) is 89.4 cm³/mol. The first-order valence-electron chi connectivity index (χ1n) is 6.89. The summed E-state index contributed by atoms with van der Waals surface area (Å²) >= 11 is 5.58. The highest BCUT2D eigenvalue weighted by Crippen LogP contribution is 2.32. The van der Waals surface area contributed by atoms with E-state index in [9.17, 15) is 10.0 Å². The molecular weight excluding hydrogens is 316 g/mol. The van der Waals surface area contributed by atoms with Gasteiger partial charge in [0.05, 0.1) is 5.69 Å². The number of carbonyl (C=O) groups is 1. The summed E-state index contributed by atoms with van der Waals surface area (Å²) in [5, 5.41) is 16.2. The number of alkyl halides is 1. The number of hydrogen-bond acceptors (Lipinski definition) is 4. The van der Waals surface area contributed by atoms with Gasteiger partial charge in [-0.3, -0.25) is 4.79 Å². The van der Waals surface area contributed by atoms with Crippen LogP contribution in [0.15, 0.2) is 64.2 Å². The lowest BCUT2D eigenvalue weighted by Crippen LogP contribution is -2.15. The van der Waals surface area contributed by atoms with Gasteiger partial charge >= 0.3 is 0 Å². The summed E-state index contributed by atoms with van der Waals surface area (Å²) in [6.07, 6.45) is 0. The monoisotopic (exact) mass is 328 g/mol. The zero-order valence-corrected chi connectivity index (χ0v) is 12.7. The highest BCUT2D eigenvalue weighted by molar-refractivity contribution is 6.30. The zero-order chi connectivity index (χ0) is 16.2. The molecule has 5 nitrogen and oxygen atoms in total. The fourth-order valence-electron chi connectivity index (χ4n) is 2.34. The number of para-hydroxylation sites is 1. The van der Waals surface area contributed by atoms with E-state index in [1.54, 1.807) is 18.2 Å². The third-order valence-electron chi connectivity index (χ3n) is 3.34. The second-order valence-electron chi connectivity index (χ2n) is 4.80. The molecule has 0 saturated heterocycles. The Labute approximate surface area is 137 Å². The van der Waals surface area contributed by atoms with Crippen molar-refractivity contribution in [2.75, 3.05) is 11.2 Å². The summed E-state index contributed by atoms with van der Waals surface area (Å²) in [7, 11) is 0. The molecule has 0 aliphatic carbocycles. The van der Waals surface area contributed by atoms with Crippen molar-refractivity contribution in [3.8, 4) is 0 Å². The Morgan fingerprint density at radius 1 is 1.13 bits per heavy atom. The summed E-state index contributed by atoms with van der Waals surface area (Å²) in [5.41, 5.74) is 1.90. The minimum atomic E-state index is -0.371. The number of oxime groups is 1. The van der Waals surface area contributed by atoms with Crippen molar-refractivity contribution in [2.45, 2.75) is 0 Å². The summed E-state index contributed by atoms with van der Waals surface area (Å²) in [6.45, 7) is 0. The van der Waals surface area contributed by atoms with Gasteiger partial charge in [-0.05, 0) is 12.1 Å². The maximum atomic E-state index is 11.7. The van der Waals surface area contributed by atoms with Gasteiger partial charge in [-0.1, -0.05) is 47.6 Å². The molecule has 2 aromatic carbocycles. The van der Waals surface area contributed by atoms with E-state index in [1.165, 1.54) is 0 Å². The first-order chi connectivity index (χ1) is 11.2. The third-order valence-corrected chi connectivity index (χ3v) is 3.59. The van der Waals surface area contributed by atoms with Crippen molar-refractivity contribution in [3.05, 3.63) is 65.9 Å². The van der Waals surface area contributed by atoms with Gasteiger partial charge in [-0.25, -0.2) is 0 Å². The van der Waals surface area contributed by atoms with E-state index in [0.717, 1.165) is 0 Å². The van der Waals surface area contributed by atoms with Crippen LogP contribution in [0.2, 0.25) is 0 Å². The molecule has 0 fully saturated rings. The van der Waals surface area contributed by atoms with E-state index in [2.05, 4.69) is 10.5 Å². The Bertz CT molecular complexity index is 872. The molecule has 3 rings (SSSR count). The average Bonchev–Trinajstić information content (AvgIpc) is 2.95. The van der Waals surface area contributed by atoms with Crippen LogP contribution < -0.4 is 5.32 Å². The molecule has 2 N–H and O–H groups in total. The number of amides is 1. The van der Waals surface area contributed by atoms with Gasteiger partial charge in [-0.15, -0.1) is 11.6 Å². The molecule has 1 amide bonds. The zero-order valence-electron chi connectivity index (χ0n) is 12.0. The molecule has 0 aliphatic rings.